The number of carbonyl (C=O) groups is 2. The van der Waals surface area contributed by atoms with E-state index in [1.165, 1.54) is 12.3 Å². The molecule has 0 aliphatic rings. The summed E-state index contributed by atoms with van der Waals surface area (Å²) in [7, 11) is 0. The minimum absolute atomic E-state index is 0.101. The summed E-state index contributed by atoms with van der Waals surface area (Å²) in [6.07, 6.45) is -7.13. The first-order valence-corrected chi connectivity index (χ1v) is 9.16. The summed E-state index contributed by atoms with van der Waals surface area (Å²) >= 11 is 5.78. The number of hydrogen-bond donors (Lipinski definition) is 3. The molecule has 3 N–H and O–H groups in total. The van der Waals surface area contributed by atoms with E-state index in [0.29, 0.717) is 0 Å². The van der Waals surface area contributed by atoms with E-state index in [2.05, 4.69) is 4.98 Å². The predicted octanol–water partition coefficient (Wildman–Crippen LogP) is 4.28. The van der Waals surface area contributed by atoms with E-state index >= 15 is 0 Å². The van der Waals surface area contributed by atoms with Crippen LogP contribution in [0.1, 0.15) is 18.7 Å². The number of rotatable bonds is 6. The molecule has 0 radical (unpaired) electrons. The van der Waals surface area contributed by atoms with Gasteiger partial charge in [0.2, 0.25) is 0 Å². The van der Waals surface area contributed by atoms with Crippen molar-refractivity contribution < 1.29 is 45.1 Å². The second-order valence-electron chi connectivity index (χ2n) is 6.33. The first-order valence-electron chi connectivity index (χ1n) is 8.79. The molecule has 0 unspecified atom stereocenters. The maximum absolute atomic E-state index is 14.6. The zero-order valence-electron chi connectivity index (χ0n) is 16.4. The number of carbonyl (C=O) groups excluding carboxylic acids is 2. The van der Waals surface area contributed by atoms with Crippen molar-refractivity contribution in [1.29, 1.82) is 0 Å². The third kappa shape index (κ3) is 7.10. The molecule has 1 heterocycles. The van der Waals surface area contributed by atoms with Crippen molar-refractivity contribution in [2.75, 3.05) is 6.61 Å². The molecule has 0 fully saturated rings. The second-order valence-corrected chi connectivity index (χ2v) is 6.77. The van der Waals surface area contributed by atoms with Gasteiger partial charge in [0, 0.05) is 22.3 Å². The van der Waals surface area contributed by atoms with E-state index in [-0.39, 0.29) is 21.8 Å². The lowest BCUT2D eigenvalue weighted by Crippen LogP contribution is -2.51. The molecular formula is C18H14ClF7N4O3. The smallest absolute Gasteiger partial charge is 0.472 e. The quantitative estimate of drug-likeness (QED) is 0.406. The molecule has 33 heavy (non-hydrogen) atoms. The Morgan fingerprint density at radius 3 is 2.36 bits per heavy atom. The van der Waals surface area contributed by atoms with E-state index in [9.17, 15) is 40.3 Å². The largest absolute Gasteiger partial charge is 0.484 e. The lowest BCUT2D eigenvalue weighted by molar-refractivity contribution is -0.174. The van der Waals surface area contributed by atoms with Crippen LogP contribution in [0, 0.1) is 11.6 Å². The van der Waals surface area contributed by atoms with Gasteiger partial charge in [-0.2, -0.15) is 13.2 Å². The molecule has 3 amide bonds. The molecule has 1 atom stereocenters. The van der Waals surface area contributed by atoms with E-state index in [1.807, 2.05) is 5.32 Å². The first kappa shape index (κ1) is 26.0. The van der Waals surface area contributed by atoms with Crippen LogP contribution in [-0.4, -0.2) is 36.1 Å². The summed E-state index contributed by atoms with van der Waals surface area (Å²) in [6.45, 7) is 0.0902. The van der Waals surface area contributed by atoms with Gasteiger partial charge in [-0.15, -0.1) is 0 Å². The van der Waals surface area contributed by atoms with Gasteiger partial charge < -0.3 is 10.1 Å². The normalized spacial score (nSPS) is 12.3. The van der Waals surface area contributed by atoms with Crippen LogP contribution < -0.4 is 20.9 Å². The maximum atomic E-state index is 14.6. The van der Waals surface area contributed by atoms with E-state index in [1.54, 1.807) is 0 Å². The number of alkyl halides is 5. The highest BCUT2D eigenvalue weighted by Crippen LogP contribution is 2.36. The average Bonchev–Trinajstić information content (AvgIpc) is 2.69. The number of hydrazine groups is 1. The van der Waals surface area contributed by atoms with Gasteiger partial charge in [0.05, 0.1) is 11.7 Å². The highest BCUT2D eigenvalue weighted by atomic mass is 35.5. The highest BCUT2D eigenvalue weighted by Gasteiger charge is 2.39. The fourth-order valence-electron chi connectivity index (χ4n) is 2.47. The summed E-state index contributed by atoms with van der Waals surface area (Å²) in [5.41, 5.74) is 1.88. The van der Waals surface area contributed by atoms with Gasteiger partial charge in [0.1, 0.15) is 12.4 Å². The van der Waals surface area contributed by atoms with Gasteiger partial charge in [0.25, 0.3) is 6.43 Å². The molecule has 0 saturated heterocycles. The van der Waals surface area contributed by atoms with Crippen LogP contribution in [-0.2, 0) is 4.79 Å². The van der Waals surface area contributed by atoms with Gasteiger partial charge in [0.15, 0.2) is 11.6 Å². The second kappa shape index (κ2) is 10.6. The SMILES string of the molecule is C[C@@H](NC(=O)NNC(=O)C(F)(F)F)c1ncc(-c2cc(Cl)cc(F)c2OCC(F)F)cc1F. The number of nitrogens with zero attached hydrogens (tertiary/aromatic N) is 1. The van der Waals surface area contributed by atoms with Gasteiger partial charge in [-0.1, -0.05) is 11.6 Å². The van der Waals surface area contributed by atoms with Crippen LogP contribution in [0.5, 0.6) is 5.75 Å². The summed E-state index contributed by atoms with van der Waals surface area (Å²) in [4.78, 5) is 26.1. The number of hydrogen-bond acceptors (Lipinski definition) is 4. The Balaban J connectivity index is 2.20. The molecule has 7 nitrogen and oxygen atoms in total. The topological polar surface area (TPSA) is 92.4 Å². The van der Waals surface area contributed by atoms with Crippen LogP contribution in [0.3, 0.4) is 0 Å². The van der Waals surface area contributed by atoms with E-state index in [4.69, 9.17) is 16.3 Å². The Hall–Kier alpha value is -3.29. The van der Waals surface area contributed by atoms with Crippen LogP contribution >= 0.6 is 11.6 Å². The van der Waals surface area contributed by atoms with Crippen molar-refractivity contribution in [3.05, 3.63) is 46.7 Å². The number of benzene rings is 1. The maximum Gasteiger partial charge on any atom is 0.472 e. The summed E-state index contributed by atoms with van der Waals surface area (Å²) < 4.78 is 94.8. The Labute approximate surface area is 186 Å². The minimum Gasteiger partial charge on any atom is -0.484 e. The number of nitrogens with one attached hydrogen (secondary N) is 3. The number of halogens is 8. The molecule has 0 aliphatic carbocycles. The Bertz CT molecular complexity index is 1040. The summed E-state index contributed by atoms with van der Waals surface area (Å²) in [5.74, 6) is -5.16. The molecule has 2 aromatic rings. The molecule has 1 aromatic carbocycles. The zero-order chi connectivity index (χ0) is 24.9. The van der Waals surface area contributed by atoms with Crippen LogP contribution in [0.15, 0.2) is 24.4 Å². The number of amides is 3. The Morgan fingerprint density at radius 2 is 1.79 bits per heavy atom. The fourth-order valence-corrected chi connectivity index (χ4v) is 2.67. The third-order valence-corrected chi connectivity index (χ3v) is 4.07. The molecule has 0 spiro atoms. The van der Waals surface area contributed by atoms with E-state index < -0.39 is 54.6 Å². The number of pyridine rings is 1. The number of aromatic nitrogens is 1. The Kier molecular flexibility index (Phi) is 8.30. The summed E-state index contributed by atoms with van der Waals surface area (Å²) in [5, 5.41) is 1.91. The lowest BCUT2D eigenvalue weighted by atomic mass is 10.0. The van der Waals surface area contributed by atoms with Crippen molar-refractivity contribution >= 4 is 23.5 Å². The van der Waals surface area contributed by atoms with Crippen molar-refractivity contribution in [3.8, 4) is 16.9 Å². The first-order chi connectivity index (χ1) is 15.3. The molecule has 2 rings (SSSR count). The summed E-state index contributed by atoms with van der Waals surface area (Å²) in [6, 6.07) is 0.286. The van der Waals surface area contributed by atoms with Gasteiger partial charge in [-0.05, 0) is 25.1 Å². The van der Waals surface area contributed by atoms with Crippen LogP contribution in [0.25, 0.3) is 11.1 Å². The van der Waals surface area contributed by atoms with Crippen molar-refractivity contribution in [1.82, 2.24) is 21.2 Å². The standard InChI is InChI=1S/C18H14ClF7N4O3/c1-7(28-17(32)30-29-16(31)18(24,25)26)14-11(20)2-8(5-27-14)10-3-9(19)4-12(21)15(10)33-6-13(22)23/h2-5,7,13H,6H2,1H3,(H,29,31)(H2,28,30,32)/t7-/m1/s1. The van der Waals surface area contributed by atoms with Crippen molar-refractivity contribution in [2.45, 2.75) is 25.6 Å². The van der Waals surface area contributed by atoms with Crippen molar-refractivity contribution in [3.63, 3.8) is 0 Å². The van der Waals surface area contributed by atoms with Crippen molar-refractivity contribution in [2.24, 2.45) is 0 Å². The zero-order valence-corrected chi connectivity index (χ0v) is 17.1. The number of ether oxygens (including phenoxy) is 1. The van der Waals surface area contributed by atoms with Crippen LogP contribution in [0.4, 0.5) is 35.5 Å². The predicted molar refractivity (Wildman–Crippen MR) is 100 cm³/mol. The molecular weight excluding hydrogens is 489 g/mol. The lowest BCUT2D eigenvalue weighted by Gasteiger charge is -2.17. The van der Waals surface area contributed by atoms with Gasteiger partial charge >= 0.3 is 18.1 Å². The average molecular weight is 503 g/mol. The fraction of sp³-hybridized carbons (Fsp3) is 0.278. The monoisotopic (exact) mass is 502 g/mol. The molecule has 0 aliphatic heterocycles. The third-order valence-electron chi connectivity index (χ3n) is 3.85. The number of urea groups is 1. The minimum atomic E-state index is -5.24. The molecule has 180 valence electrons. The molecule has 0 bridgehead atoms. The molecule has 1 aromatic heterocycles. The highest BCUT2D eigenvalue weighted by molar-refractivity contribution is 6.31. The molecule has 15 heteroatoms. The molecule has 0 saturated carbocycles. The van der Waals surface area contributed by atoms with Gasteiger partial charge in [-0.3, -0.25) is 15.2 Å². The Morgan fingerprint density at radius 1 is 1.12 bits per heavy atom. The van der Waals surface area contributed by atoms with E-state index in [0.717, 1.165) is 29.8 Å². The van der Waals surface area contributed by atoms with Crippen LogP contribution in [0.2, 0.25) is 5.02 Å². The van der Waals surface area contributed by atoms with Gasteiger partial charge in [-0.25, -0.2) is 27.8 Å².